The molecule has 1 aromatic carbocycles. The van der Waals surface area contributed by atoms with E-state index in [0.717, 1.165) is 16.4 Å². The summed E-state index contributed by atoms with van der Waals surface area (Å²) in [6, 6.07) is 7.90. The fourth-order valence-corrected chi connectivity index (χ4v) is 2.60. The molecule has 0 atom stereocenters. The number of aromatic nitrogens is 4. The van der Waals surface area contributed by atoms with Gasteiger partial charge in [-0.15, -0.1) is 16.4 Å². The molecule has 96 valence electrons. The smallest absolute Gasteiger partial charge is 0.113 e. The molecule has 2 heterocycles. The molecule has 0 saturated carbocycles. The van der Waals surface area contributed by atoms with Crippen LogP contribution in [0, 0.1) is 0 Å². The Morgan fingerprint density at radius 2 is 2.21 bits per heavy atom. The third-order valence-corrected chi connectivity index (χ3v) is 3.64. The molecule has 1 N–H and O–H groups in total. The summed E-state index contributed by atoms with van der Waals surface area (Å²) in [5.41, 5.74) is 1.92. The highest BCUT2D eigenvalue weighted by atomic mass is 35.5. The minimum atomic E-state index is 0.628. The van der Waals surface area contributed by atoms with Gasteiger partial charge in [0.05, 0.1) is 36.5 Å². The van der Waals surface area contributed by atoms with Gasteiger partial charge >= 0.3 is 0 Å². The summed E-state index contributed by atoms with van der Waals surface area (Å²) in [5, 5.41) is 12.1. The molecule has 3 rings (SSSR count). The molecule has 7 heteroatoms. The van der Waals surface area contributed by atoms with Crippen molar-refractivity contribution >= 4 is 28.6 Å². The number of nitrogens with one attached hydrogen (secondary N) is 1. The van der Waals surface area contributed by atoms with E-state index in [0.29, 0.717) is 10.9 Å². The fourth-order valence-electron chi connectivity index (χ4n) is 1.70. The predicted octanol–water partition coefficient (Wildman–Crippen LogP) is 2.99. The molecule has 19 heavy (non-hydrogen) atoms. The quantitative estimate of drug-likeness (QED) is 0.803. The Kier molecular flexibility index (Phi) is 3.43. The lowest BCUT2D eigenvalue weighted by atomic mass is 10.2. The molecule has 0 unspecified atom stereocenters. The maximum Gasteiger partial charge on any atom is 0.113 e. The molecule has 0 radical (unpaired) electrons. The molecular formula is C12H10ClN5S. The lowest BCUT2D eigenvalue weighted by Gasteiger charge is -2.10. The van der Waals surface area contributed by atoms with Crippen molar-refractivity contribution in [2.24, 2.45) is 0 Å². The van der Waals surface area contributed by atoms with Crippen molar-refractivity contribution < 1.29 is 0 Å². The van der Waals surface area contributed by atoms with Crippen molar-refractivity contribution in [2.45, 2.75) is 6.54 Å². The summed E-state index contributed by atoms with van der Waals surface area (Å²) in [7, 11) is 0. The highest BCUT2D eigenvalue weighted by molar-refractivity contribution is 7.15. The molecule has 0 aliphatic heterocycles. The minimum Gasteiger partial charge on any atom is -0.377 e. The number of nitrogens with zero attached hydrogens (tertiary/aromatic N) is 4. The van der Waals surface area contributed by atoms with Gasteiger partial charge < -0.3 is 5.32 Å². The Morgan fingerprint density at radius 3 is 2.95 bits per heavy atom. The lowest BCUT2D eigenvalue weighted by Crippen LogP contribution is -2.04. The second kappa shape index (κ2) is 5.38. The Bertz CT molecular complexity index is 664. The number of thiazole rings is 1. The van der Waals surface area contributed by atoms with E-state index in [1.165, 1.54) is 11.3 Å². The first-order valence-electron chi connectivity index (χ1n) is 5.63. The number of anilines is 1. The second-order valence-electron chi connectivity index (χ2n) is 3.78. The Morgan fingerprint density at radius 1 is 1.32 bits per heavy atom. The average Bonchev–Trinajstić information content (AvgIpc) is 3.08. The molecular weight excluding hydrogens is 282 g/mol. The van der Waals surface area contributed by atoms with E-state index < -0.39 is 0 Å². The summed E-state index contributed by atoms with van der Waals surface area (Å²) in [6.07, 6.45) is 5.12. The van der Waals surface area contributed by atoms with E-state index >= 15 is 0 Å². The molecule has 0 spiro atoms. The molecule has 0 amide bonds. The van der Waals surface area contributed by atoms with Gasteiger partial charge in [0.2, 0.25) is 0 Å². The Hall–Kier alpha value is -1.92. The van der Waals surface area contributed by atoms with Gasteiger partial charge in [0.25, 0.3) is 0 Å². The van der Waals surface area contributed by atoms with E-state index in [9.17, 15) is 0 Å². The van der Waals surface area contributed by atoms with E-state index in [-0.39, 0.29) is 0 Å². The zero-order chi connectivity index (χ0) is 13.1. The summed E-state index contributed by atoms with van der Waals surface area (Å²) in [4.78, 5) is 4.21. The summed E-state index contributed by atoms with van der Waals surface area (Å²) >= 11 is 7.33. The number of rotatable bonds is 4. The molecule has 0 bridgehead atoms. The molecule has 0 aliphatic carbocycles. The highest BCUT2D eigenvalue weighted by Gasteiger charge is 2.05. The van der Waals surface area contributed by atoms with Gasteiger partial charge in [-0.3, -0.25) is 0 Å². The van der Waals surface area contributed by atoms with Crippen LogP contribution in [0.3, 0.4) is 0 Å². The molecule has 5 nitrogen and oxygen atoms in total. The largest absolute Gasteiger partial charge is 0.377 e. The average molecular weight is 292 g/mol. The van der Waals surface area contributed by atoms with Gasteiger partial charge in [-0.2, -0.15) is 0 Å². The van der Waals surface area contributed by atoms with Crippen LogP contribution in [0.25, 0.3) is 5.69 Å². The molecule has 0 saturated heterocycles. The fraction of sp³-hybridized carbons (Fsp3) is 0.0833. The van der Waals surface area contributed by atoms with Gasteiger partial charge in [0, 0.05) is 0 Å². The van der Waals surface area contributed by atoms with Crippen molar-refractivity contribution in [3.05, 3.63) is 52.2 Å². The first-order chi connectivity index (χ1) is 9.33. The summed E-state index contributed by atoms with van der Waals surface area (Å²) in [5.74, 6) is 0. The maximum absolute atomic E-state index is 5.86. The first-order valence-corrected chi connectivity index (χ1v) is 6.82. The second-order valence-corrected chi connectivity index (χ2v) is 5.52. The zero-order valence-electron chi connectivity index (χ0n) is 9.82. The van der Waals surface area contributed by atoms with Gasteiger partial charge in [-0.25, -0.2) is 9.67 Å². The van der Waals surface area contributed by atoms with E-state index in [1.54, 1.807) is 23.3 Å². The standard InChI is InChI=1S/C12H10ClN5S/c13-11-7-15-12(19-11)8-14-9-3-1-2-4-10(9)18-6-5-16-17-18/h1-7,14H,8H2. The summed E-state index contributed by atoms with van der Waals surface area (Å²) < 4.78 is 2.42. The van der Waals surface area contributed by atoms with E-state index in [1.807, 2.05) is 24.3 Å². The van der Waals surface area contributed by atoms with Gasteiger partial charge in [0.15, 0.2) is 0 Å². The van der Waals surface area contributed by atoms with Crippen LogP contribution in [0.5, 0.6) is 0 Å². The topological polar surface area (TPSA) is 55.6 Å². The SMILES string of the molecule is Clc1cnc(CNc2ccccc2-n2ccnn2)s1. The predicted molar refractivity (Wildman–Crippen MR) is 75.8 cm³/mol. The summed E-state index contributed by atoms with van der Waals surface area (Å²) in [6.45, 7) is 0.628. The molecule has 3 aromatic rings. The first kappa shape index (κ1) is 12.1. The molecule has 2 aromatic heterocycles. The highest BCUT2D eigenvalue weighted by Crippen LogP contribution is 2.22. The van der Waals surface area contributed by atoms with E-state index in [2.05, 4.69) is 20.6 Å². The van der Waals surface area contributed by atoms with Gasteiger partial charge in [-0.05, 0) is 12.1 Å². The van der Waals surface area contributed by atoms with Crippen molar-refractivity contribution in [1.82, 2.24) is 20.0 Å². The van der Waals surface area contributed by atoms with Gasteiger partial charge in [0.1, 0.15) is 9.34 Å². The van der Waals surface area contributed by atoms with Crippen LogP contribution in [0.1, 0.15) is 5.01 Å². The van der Waals surface area contributed by atoms with Crippen LogP contribution in [0.4, 0.5) is 5.69 Å². The van der Waals surface area contributed by atoms with Crippen molar-refractivity contribution in [3.63, 3.8) is 0 Å². The van der Waals surface area contributed by atoms with Crippen LogP contribution in [0.15, 0.2) is 42.9 Å². The lowest BCUT2D eigenvalue weighted by molar-refractivity contribution is 0.803. The zero-order valence-corrected chi connectivity index (χ0v) is 11.4. The van der Waals surface area contributed by atoms with Crippen LogP contribution in [-0.4, -0.2) is 20.0 Å². The van der Waals surface area contributed by atoms with Crippen LogP contribution in [-0.2, 0) is 6.54 Å². The van der Waals surface area contributed by atoms with Gasteiger partial charge in [-0.1, -0.05) is 28.9 Å². The molecule has 0 fully saturated rings. The molecule has 0 aliphatic rings. The number of benzene rings is 1. The van der Waals surface area contributed by atoms with Crippen LogP contribution < -0.4 is 5.32 Å². The maximum atomic E-state index is 5.86. The third kappa shape index (κ3) is 2.74. The van der Waals surface area contributed by atoms with Crippen molar-refractivity contribution in [3.8, 4) is 5.69 Å². The Balaban J connectivity index is 1.81. The Labute approximate surface area is 118 Å². The van der Waals surface area contributed by atoms with E-state index in [4.69, 9.17) is 11.6 Å². The number of para-hydroxylation sites is 2. The van der Waals surface area contributed by atoms with Crippen LogP contribution >= 0.6 is 22.9 Å². The number of hydrogen-bond acceptors (Lipinski definition) is 5. The normalized spacial score (nSPS) is 10.6. The number of halogens is 1. The third-order valence-electron chi connectivity index (χ3n) is 2.53. The monoisotopic (exact) mass is 291 g/mol. The number of hydrogen-bond donors (Lipinski definition) is 1. The minimum absolute atomic E-state index is 0.628. The van der Waals surface area contributed by atoms with Crippen molar-refractivity contribution in [1.29, 1.82) is 0 Å². The van der Waals surface area contributed by atoms with Crippen LogP contribution in [0.2, 0.25) is 4.34 Å². The van der Waals surface area contributed by atoms with Crippen molar-refractivity contribution in [2.75, 3.05) is 5.32 Å².